The molecule has 3 heteroatoms. The van der Waals surface area contributed by atoms with Gasteiger partial charge in [-0.15, -0.1) is 0 Å². The van der Waals surface area contributed by atoms with Gasteiger partial charge in [-0.2, -0.15) is 0 Å². The van der Waals surface area contributed by atoms with Crippen molar-refractivity contribution in [3.63, 3.8) is 0 Å². The van der Waals surface area contributed by atoms with Gasteiger partial charge in [-0.1, -0.05) is 62.4 Å². The second-order valence-electron chi connectivity index (χ2n) is 6.16. The zero-order chi connectivity index (χ0) is 14.9. The third-order valence-electron chi connectivity index (χ3n) is 4.44. The number of rotatable bonds is 7. The maximum Gasteiger partial charge on any atom is 0.220 e. The van der Waals surface area contributed by atoms with Crippen LogP contribution in [0.1, 0.15) is 63.0 Å². The molecule has 0 aromatic heterocycles. The second kappa shape index (κ2) is 8.83. The highest BCUT2D eigenvalue weighted by Crippen LogP contribution is 2.31. The fraction of sp³-hybridized carbons (Fsp3) is 0.611. The number of hydrogen-bond donors (Lipinski definition) is 2. The van der Waals surface area contributed by atoms with Gasteiger partial charge in [0, 0.05) is 6.42 Å². The van der Waals surface area contributed by atoms with Gasteiger partial charge in [-0.3, -0.25) is 4.79 Å². The van der Waals surface area contributed by atoms with Crippen LogP contribution in [0.5, 0.6) is 0 Å². The molecule has 116 valence electrons. The molecule has 21 heavy (non-hydrogen) atoms. The SMILES string of the molecule is NCCCC(=O)NC(CC1CCCCC1)c1ccccc1. The number of benzene rings is 1. The average Bonchev–Trinajstić information content (AvgIpc) is 2.54. The summed E-state index contributed by atoms with van der Waals surface area (Å²) in [6.45, 7) is 0.575. The summed E-state index contributed by atoms with van der Waals surface area (Å²) >= 11 is 0. The van der Waals surface area contributed by atoms with Crippen LogP contribution in [0.25, 0.3) is 0 Å². The summed E-state index contributed by atoms with van der Waals surface area (Å²) < 4.78 is 0. The molecular weight excluding hydrogens is 260 g/mol. The molecule has 3 N–H and O–H groups in total. The first-order valence-electron chi connectivity index (χ1n) is 8.34. The molecule has 0 bridgehead atoms. The Labute approximate surface area is 128 Å². The van der Waals surface area contributed by atoms with Gasteiger partial charge in [0.25, 0.3) is 0 Å². The van der Waals surface area contributed by atoms with E-state index in [-0.39, 0.29) is 11.9 Å². The zero-order valence-electron chi connectivity index (χ0n) is 12.9. The number of amides is 1. The first-order chi connectivity index (χ1) is 10.3. The maximum atomic E-state index is 12.1. The van der Waals surface area contributed by atoms with Gasteiger partial charge in [0.2, 0.25) is 5.91 Å². The van der Waals surface area contributed by atoms with Crippen LogP contribution in [0.15, 0.2) is 30.3 Å². The first kappa shape index (κ1) is 16.0. The molecule has 2 rings (SSSR count). The van der Waals surface area contributed by atoms with Crippen LogP contribution in [0.3, 0.4) is 0 Å². The fourth-order valence-corrected chi connectivity index (χ4v) is 3.25. The smallest absolute Gasteiger partial charge is 0.220 e. The Kier molecular flexibility index (Phi) is 6.74. The van der Waals surface area contributed by atoms with E-state index in [1.807, 2.05) is 6.07 Å². The summed E-state index contributed by atoms with van der Waals surface area (Å²) in [5.74, 6) is 0.879. The molecular formula is C18H28N2O. The van der Waals surface area contributed by atoms with E-state index in [2.05, 4.69) is 29.6 Å². The standard InChI is InChI=1S/C18H28N2O/c19-13-7-12-18(21)20-17(16-10-5-2-6-11-16)14-15-8-3-1-4-9-15/h2,5-6,10-11,15,17H,1,3-4,7-9,12-14,19H2,(H,20,21). The summed E-state index contributed by atoms with van der Waals surface area (Å²) in [7, 11) is 0. The molecule has 1 amide bonds. The van der Waals surface area contributed by atoms with Crippen molar-refractivity contribution in [3.05, 3.63) is 35.9 Å². The Balaban J connectivity index is 1.97. The molecule has 3 nitrogen and oxygen atoms in total. The quantitative estimate of drug-likeness (QED) is 0.806. The molecule has 1 atom stereocenters. The van der Waals surface area contributed by atoms with Crippen molar-refractivity contribution in [2.24, 2.45) is 11.7 Å². The third-order valence-corrected chi connectivity index (χ3v) is 4.44. The van der Waals surface area contributed by atoms with E-state index in [1.165, 1.54) is 37.7 Å². The Morgan fingerprint density at radius 2 is 1.90 bits per heavy atom. The molecule has 0 radical (unpaired) electrons. The Hall–Kier alpha value is -1.35. The molecule has 0 heterocycles. The third kappa shape index (κ3) is 5.50. The largest absolute Gasteiger partial charge is 0.349 e. The molecule has 0 saturated heterocycles. The van der Waals surface area contributed by atoms with Gasteiger partial charge in [0.1, 0.15) is 0 Å². The predicted octanol–water partition coefficient (Wildman–Crippen LogP) is 3.55. The van der Waals surface area contributed by atoms with Gasteiger partial charge >= 0.3 is 0 Å². The Morgan fingerprint density at radius 1 is 1.19 bits per heavy atom. The summed E-state index contributed by atoms with van der Waals surface area (Å²) in [5, 5.41) is 3.22. The summed E-state index contributed by atoms with van der Waals surface area (Å²) in [4.78, 5) is 12.1. The second-order valence-corrected chi connectivity index (χ2v) is 6.16. The van der Waals surface area contributed by atoms with Crippen molar-refractivity contribution in [1.82, 2.24) is 5.32 Å². The van der Waals surface area contributed by atoms with Gasteiger partial charge in [-0.25, -0.2) is 0 Å². The highest BCUT2D eigenvalue weighted by molar-refractivity contribution is 5.76. The van der Waals surface area contributed by atoms with E-state index in [0.29, 0.717) is 13.0 Å². The lowest BCUT2D eigenvalue weighted by atomic mass is 9.83. The summed E-state index contributed by atoms with van der Waals surface area (Å²) in [6, 6.07) is 10.5. The molecule has 0 spiro atoms. The van der Waals surface area contributed by atoms with Crippen molar-refractivity contribution < 1.29 is 4.79 Å². The number of nitrogens with two attached hydrogens (primary N) is 1. The van der Waals surface area contributed by atoms with E-state index < -0.39 is 0 Å². The maximum absolute atomic E-state index is 12.1. The van der Waals surface area contributed by atoms with Crippen molar-refractivity contribution in [3.8, 4) is 0 Å². The van der Waals surface area contributed by atoms with Gasteiger partial charge in [-0.05, 0) is 30.9 Å². The molecule has 1 aliphatic rings. The Bertz CT molecular complexity index is 412. The highest BCUT2D eigenvalue weighted by Gasteiger charge is 2.21. The van der Waals surface area contributed by atoms with Crippen molar-refractivity contribution in [1.29, 1.82) is 0 Å². The number of nitrogens with one attached hydrogen (secondary N) is 1. The van der Waals surface area contributed by atoms with Crippen molar-refractivity contribution in [2.75, 3.05) is 6.54 Å². The van der Waals surface area contributed by atoms with Crippen LogP contribution in [0.4, 0.5) is 0 Å². The van der Waals surface area contributed by atoms with Crippen LogP contribution >= 0.6 is 0 Å². The fourth-order valence-electron chi connectivity index (χ4n) is 3.25. The lowest BCUT2D eigenvalue weighted by molar-refractivity contribution is -0.122. The molecule has 1 aliphatic carbocycles. The van der Waals surface area contributed by atoms with Crippen LogP contribution in [0, 0.1) is 5.92 Å². The molecule has 1 aromatic carbocycles. The monoisotopic (exact) mass is 288 g/mol. The molecule has 1 saturated carbocycles. The van der Waals surface area contributed by atoms with Gasteiger partial charge < -0.3 is 11.1 Å². The number of carbonyl (C=O) groups is 1. The molecule has 1 fully saturated rings. The predicted molar refractivity (Wildman–Crippen MR) is 86.8 cm³/mol. The van der Waals surface area contributed by atoms with Crippen LogP contribution in [-0.2, 0) is 4.79 Å². The van der Waals surface area contributed by atoms with Crippen LogP contribution in [0.2, 0.25) is 0 Å². The van der Waals surface area contributed by atoms with E-state index in [9.17, 15) is 4.79 Å². The van der Waals surface area contributed by atoms with Crippen LogP contribution < -0.4 is 11.1 Å². The molecule has 1 unspecified atom stereocenters. The van der Waals surface area contributed by atoms with Gasteiger partial charge in [0.15, 0.2) is 0 Å². The normalized spacial score (nSPS) is 17.4. The molecule has 0 aliphatic heterocycles. The van der Waals surface area contributed by atoms with E-state index in [1.54, 1.807) is 0 Å². The van der Waals surface area contributed by atoms with Crippen molar-refractivity contribution >= 4 is 5.91 Å². The highest BCUT2D eigenvalue weighted by atomic mass is 16.1. The minimum Gasteiger partial charge on any atom is -0.349 e. The number of hydrogen-bond acceptors (Lipinski definition) is 2. The topological polar surface area (TPSA) is 55.1 Å². The van der Waals surface area contributed by atoms with E-state index in [0.717, 1.165) is 18.8 Å². The lowest BCUT2D eigenvalue weighted by Gasteiger charge is -2.27. The van der Waals surface area contributed by atoms with Crippen molar-refractivity contribution in [2.45, 2.75) is 57.4 Å². The first-order valence-corrected chi connectivity index (χ1v) is 8.34. The Morgan fingerprint density at radius 3 is 2.57 bits per heavy atom. The minimum absolute atomic E-state index is 0.130. The van der Waals surface area contributed by atoms with Gasteiger partial charge in [0.05, 0.1) is 6.04 Å². The average molecular weight is 288 g/mol. The lowest BCUT2D eigenvalue weighted by Crippen LogP contribution is -2.30. The summed E-state index contributed by atoms with van der Waals surface area (Å²) in [5.41, 5.74) is 6.71. The molecule has 1 aromatic rings. The summed E-state index contributed by atoms with van der Waals surface area (Å²) in [6.07, 6.45) is 9.03. The zero-order valence-corrected chi connectivity index (χ0v) is 12.9. The van der Waals surface area contributed by atoms with E-state index in [4.69, 9.17) is 5.73 Å². The minimum atomic E-state index is 0.130. The van der Waals surface area contributed by atoms with Crippen LogP contribution in [-0.4, -0.2) is 12.5 Å². The number of carbonyl (C=O) groups excluding carboxylic acids is 1. The van der Waals surface area contributed by atoms with E-state index >= 15 is 0 Å².